The Morgan fingerprint density at radius 3 is 2.59 bits per heavy atom. The van der Waals surface area contributed by atoms with Crippen molar-refractivity contribution in [2.75, 3.05) is 7.11 Å². The summed E-state index contributed by atoms with van der Waals surface area (Å²) in [4.78, 5) is 21.6. The molecule has 0 atom stereocenters. The third kappa shape index (κ3) is 4.22. The zero-order valence-electron chi connectivity index (χ0n) is 9.40. The summed E-state index contributed by atoms with van der Waals surface area (Å²) in [7, 11) is 1.42. The molecule has 0 spiro atoms. The third-order valence-electron chi connectivity index (χ3n) is 2.27. The molecule has 0 aromatic heterocycles. The Hall–Kier alpha value is -1.91. The molecule has 0 amide bonds. The topological polar surface area (TPSA) is 63.6 Å². The largest absolute Gasteiger partial charge is 0.497 e. The number of methoxy groups -OCH3 is 1. The van der Waals surface area contributed by atoms with Crippen LogP contribution in [0.15, 0.2) is 18.2 Å². The average Bonchev–Trinajstić information content (AvgIpc) is 2.29. The molecule has 0 aliphatic carbocycles. The second kappa shape index (κ2) is 5.98. The van der Waals surface area contributed by atoms with Gasteiger partial charge in [-0.2, -0.15) is 0 Å². The van der Waals surface area contributed by atoms with Crippen LogP contribution >= 0.6 is 0 Å². The number of halogens is 1. The number of ether oxygens (including phenoxy) is 1. The van der Waals surface area contributed by atoms with Gasteiger partial charge in [0.2, 0.25) is 0 Å². The van der Waals surface area contributed by atoms with Crippen LogP contribution in [0.5, 0.6) is 5.75 Å². The van der Waals surface area contributed by atoms with Crippen LogP contribution in [-0.4, -0.2) is 24.0 Å². The maximum atomic E-state index is 13.4. The lowest BCUT2D eigenvalue weighted by Gasteiger charge is -2.04. The number of hydrogen-bond donors (Lipinski definition) is 1. The number of benzene rings is 1. The first-order valence-corrected chi connectivity index (χ1v) is 5.09. The summed E-state index contributed by atoms with van der Waals surface area (Å²) in [6.45, 7) is 0. The Bertz CT molecular complexity index is 429. The van der Waals surface area contributed by atoms with Gasteiger partial charge in [0.15, 0.2) is 0 Å². The number of rotatable bonds is 6. The molecule has 4 nitrogen and oxygen atoms in total. The van der Waals surface area contributed by atoms with Crippen molar-refractivity contribution in [1.29, 1.82) is 0 Å². The van der Waals surface area contributed by atoms with E-state index in [0.29, 0.717) is 5.75 Å². The van der Waals surface area contributed by atoms with E-state index in [9.17, 15) is 14.0 Å². The molecule has 0 radical (unpaired) electrons. The maximum absolute atomic E-state index is 13.4. The van der Waals surface area contributed by atoms with Crippen LogP contribution in [0.2, 0.25) is 0 Å². The average molecular weight is 240 g/mol. The van der Waals surface area contributed by atoms with E-state index in [-0.39, 0.29) is 30.6 Å². The van der Waals surface area contributed by atoms with Crippen LogP contribution in [0, 0.1) is 5.82 Å². The van der Waals surface area contributed by atoms with Crippen molar-refractivity contribution >= 4 is 11.8 Å². The minimum atomic E-state index is -1.03. The molecule has 1 rings (SSSR count). The standard InChI is InChI=1S/C12H13FO4/c1-17-10-4-2-8(11(13)7-10)6-9(14)3-5-12(15)16/h2,4,7H,3,5-6H2,1H3,(H,15,16). The fourth-order valence-corrected chi connectivity index (χ4v) is 1.35. The highest BCUT2D eigenvalue weighted by atomic mass is 19.1. The molecular weight excluding hydrogens is 227 g/mol. The van der Waals surface area contributed by atoms with E-state index in [1.165, 1.54) is 19.2 Å². The molecule has 0 aliphatic rings. The summed E-state index contributed by atoms with van der Waals surface area (Å²) in [6, 6.07) is 4.22. The number of aliphatic carboxylic acids is 1. The maximum Gasteiger partial charge on any atom is 0.303 e. The van der Waals surface area contributed by atoms with Gasteiger partial charge in [0.05, 0.1) is 13.5 Å². The van der Waals surface area contributed by atoms with E-state index >= 15 is 0 Å². The minimum Gasteiger partial charge on any atom is -0.497 e. The lowest BCUT2D eigenvalue weighted by molar-refractivity contribution is -0.138. The highest BCUT2D eigenvalue weighted by molar-refractivity contribution is 5.84. The third-order valence-corrected chi connectivity index (χ3v) is 2.27. The lowest BCUT2D eigenvalue weighted by atomic mass is 10.1. The first-order valence-electron chi connectivity index (χ1n) is 5.09. The van der Waals surface area contributed by atoms with Gasteiger partial charge in [0.1, 0.15) is 17.3 Å². The number of ketones is 1. The quantitative estimate of drug-likeness (QED) is 0.823. The Morgan fingerprint density at radius 1 is 1.35 bits per heavy atom. The zero-order chi connectivity index (χ0) is 12.8. The number of carbonyl (C=O) groups excluding carboxylic acids is 1. The number of Topliss-reactive ketones (excluding diaryl/α,β-unsaturated/α-hetero) is 1. The Kier molecular flexibility index (Phi) is 4.63. The number of carboxylic acids is 1. The molecule has 0 fully saturated rings. The minimum absolute atomic E-state index is 0.0825. The number of hydrogen-bond acceptors (Lipinski definition) is 3. The Labute approximate surface area is 98.0 Å². The Balaban J connectivity index is 2.62. The van der Waals surface area contributed by atoms with Gasteiger partial charge >= 0.3 is 5.97 Å². The van der Waals surface area contributed by atoms with Gasteiger partial charge in [0.25, 0.3) is 0 Å². The summed E-state index contributed by atoms with van der Waals surface area (Å²) in [5.74, 6) is -1.47. The van der Waals surface area contributed by atoms with E-state index in [0.717, 1.165) is 0 Å². The van der Waals surface area contributed by atoms with Gasteiger partial charge in [-0.15, -0.1) is 0 Å². The summed E-state index contributed by atoms with van der Waals surface area (Å²) in [5.41, 5.74) is 0.251. The van der Waals surface area contributed by atoms with Crippen molar-refractivity contribution in [3.05, 3.63) is 29.6 Å². The highest BCUT2D eigenvalue weighted by Crippen LogP contribution is 2.17. The van der Waals surface area contributed by atoms with Crippen LogP contribution in [0.3, 0.4) is 0 Å². The number of carbonyl (C=O) groups is 2. The molecule has 0 saturated carbocycles. The van der Waals surface area contributed by atoms with Gasteiger partial charge in [-0.3, -0.25) is 9.59 Å². The molecule has 1 aromatic rings. The second-order valence-electron chi connectivity index (χ2n) is 3.57. The summed E-state index contributed by atoms with van der Waals surface area (Å²) in [6.07, 6.45) is -0.402. The Morgan fingerprint density at radius 2 is 2.06 bits per heavy atom. The molecule has 1 N–H and O–H groups in total. The van der Waals surface area contributed by atoms with Crippen molar-refractivity contribution in [3.8, 4) is 5.75 Å². The van der Waals surface area contributed by atoms with Crippen molar-refractivity contribution in [2.45, 2.75) is 19.3 Å². The van der Waals surface area contributed by atoms with Gasteiger partial charge in [-0.25, -0.2) is 4.39 Å². The smallest absolute Gasteiger partial charge is 0.303 e. The van der Waals surface area contributed by atoms with E-state index in [1.807, 2.05) is 0 Å². The van der Waals surface area contributed by atoms with E-state index in [4.69, 9.17) is 9.84 Å². The molecule has 5 heteroatoms. The van der Waals surface area contributed by atoms with Crippen LogP contribution < -0.4 is 4.74 Å². The van der Waals surface area contributed by atoms with Crippen molar-refractivity contribution in [1.82, 2.24) is 0 Å². The highest BCUT2D eigenvalue weighted by Gasteiger charge is 2.10. The van der Waals surface area contributed by atoms with Gasteiger partial charge < -0.3 is 9.84 Å². The van der Waals surface area contributed by atoms with Gasteiger partial charge in [0, 0.05) is 18.9 Å². The summed E-state index contributed by atoms with van der Waals surface area (Å²) >= 11 is 0. The second-order valence-corrected chi connectivity index (χ2v) is 3.57. The number of carboxylic acid groups (broad SMARTS) is 1. The normalized spacial score (nSPS) is 10.0. The molecule has 92 valence electrons. The first kappa shape index (κ1) is 13.2. The van der Waals surface area contributed by atoms with E-state index in [2.05, 4.69) is 0 Å². The monoisotopic (exact) mass is 240 g/mol. The molecule has 17 heavy (non-hydrogen) atoms. The molecule has 1 aromatic carbocycles. The molecule has 0 heterocycles. The molecule has 0 unspecified atom stereocenters. The molecule has 0 bridgehead atoms. The van der Waals surface area contributed by atoms with E-state index < -0.39 is 11.8 Å². The molecule has 0 saturated heterocycles. The SMILES string of the molecule is COc1ccc(CC(=O)CCC(=O)O)c(F)c1. The van der Waals surface area contributed by atoms with Crippen LogP contribution in [-0.2, 0) is 16.0 Å². The zero-order valence-corrected chi connectivity index (χ0v) is 9.40. The van der Waals surface area contributed by atoms with Gasteiger partial charge in [-0.1, -0.05) is 6.07 Å². The fourth-order valence-electron chi connectivity index (χ4n) is 1.35. The predicted molar refractivity (Wildman–Crippen MR) is 58.5 cm³/mol. The van der Waals surface area contributed by atoms with Crippen molar-refractivity contribution < 1.29 is 23.8 Å². The molecular formula is C12H13FO4. The predicted octanol–water partition coefficient (Wildman–Crippen LogP) is 1.81. The summed E-state index contributed by atoms with van der Waals surface area (Å²) in [5, 5.41) is 8.41. The summed E-state index contributed by atoms with van der Waals surface area (Å²) < 4.78 is 18.3. The lowest BCUT2D eigenvalue weighted by Crippen LogP contribution is -2.07. The van der Waals surface area contributed by atoms with E-state index in [1.54, 1.807) is 6.07 Å². The first-order chi connectivity index (χ1) is 8.02. The van der Waals surface area contributed by atoms with Crippen molar-refractivity contribution in [2.24, 2.45) is 0 Å². The van der Waals surface area contributed by atoms with Crippen molar-refractivity contribution in [3.63, 3.8) is 0 Å². The fraction of sp³-hybridized carbons (Fsp3) is 0.333. The molecule has 0 aliphatic heterocycles. The van der Waals surface area contributed by atoms with Crippen LogP contribution in [0.1, 0.15) is 18.4 Å². The van der Waals surface area contributed by atoms with Crippen LogP contribution in [0.25, 0.3) is 0 Å². The van der Waals surface area contributed by atoms with Crippen LogP contribution in [0.4, 0.5) is 4.39 Å². The van der Waals surface area contributed by atoms with Gasteiger partial charge in [-0.05, 0) is 11.6 Å².